The molecule has 7 atom stereocenters. The van der Waals surface area contributed by atoms with Crippen LogP contribution in [0.3, 0.4) is 0 Å². The lowest BCUT2D eigenvalue weighted by atomic mass is 9.60. The van der Waals surface area contributed by atoms with E-state index in [1.54, 1.807) is 5.57 Å². The van der Waals surface area contributed by atoms with E-state index in [0.29, 0.717) is 23.7 Å². The van der Waals surface area contributed by atoms with Crippen molar-refractivity contribution >= 4 is 0 Å². The van der Waals surface area contributed by atoms with Crippen molar-refractivity contribution in [3.63, 3.8) is 0 Å². The predicted octanol–water partition coefficient (Wildman–Crippen LogP) is 5.95. The Morgan fingerprint density at radius 1 is 1.23 bits per heavy atom. The highest BCUT2D eigenvalue weighted by atomic mass is 16.3. The van der Waals surface area contributed by atoms with Crippen LogP contribution in [0, 0.1) is 29.1 Å². The minimum atomic E-state index is -0.648. The van der Waals surface area contributed by atoms with Gasteiger partial charge in [-0.3, -0.25) is 0 Å². The van der Waals surface area contributed by atoms with Crippen molar-refractivity contribution in [2.45, 2.75) is 110 Å². The van der Waals surface area contributed by atoms with E-state index in [4.69, 9.17) is 0 Å². The maximum Gasteiger partial charge on any atom is 0.0837 e. The van der Waals surface area contributed by atoms with Gasteiger partial charge < -0.3 is 15.3 Å². The summed E-state index contributed by atoms with van der Waals surface area (Å²) in [5.74, 6) is 1.94. The fraction of sp³-hybridized carbons (Fsp3) is 0.786. The second-order valence-corrected chi connectivity index (χ2v) is 11.8. The predicted molar refractivity (Wildman–Crippen MR) is 129 cm³/mol. The number of aliphatic hydroxyl groups excluding tert-OH is 2. The van der Waals surface area contributed by atoms with Gasteiger partial charge in [-0.25, -0.2) is 0 Å². The molecule has 3 heteroatoms. The molecule has 0 aromatic rings. The Morgan fingerprint density at radius 3 is 2.61 bits per heavy atom. The third-order valence-corrected chi connectivity index (χ3v) is 8.97. The maximum atomic E-state index is 10.4. The van der Waals surface area contributed by atoms with E-state index >= 15 is 0 Å². The molecule has 3 rings (SSSR count). The fourth-order valence-electron chi connectivity index (χ4n) is 6.91. The molecule has 3 nitrogen and oxygen atoms in total. The zero-order valence-corrected chi connectivity index (χ0v) is 20.5. The summed E-state index contributed by atoms with van der Waals surface area (Å²) in [6.45, 7) is 14.8. The zero-order valence-electron chi connectivity index (χ0n) is 20.5. The van der Waals surface area contributed by atoms with Gasteiger partial charge in [-0.15, -0.1) is 0 Å². The highest BCUT2D eigenvalue weighted by Crippen LogP contribution is 2.60. The van der Waals surface area contributed by atoms with Crippen molar-refractivity contribution in [1.29, 1.82) is 0 Å². The Hall–Kier alpha value is -0.900. The van der Waals surface area contributed by atoms with Gasteiger partial charge in [-0.1, -0.05) is 57.9 Å². The van der Waals surface area contributed by atoms with Crippen LogP contribution in [0.15, 0.2) is 35.5 Å². The van der Waals surface area contributed by atoms with Crippen molar-refractivity contribution < 1.29 is 15.3 Å². The molecule has 0 saturated heterocycles. The summed E-state index contributed by atoms with van der Waals surface area (Å²) in [6, 6.07) is 0. The molecular weight excluding hydrogens is 384 g/mol. The summed E-state index contributed by atoms with van der Waals surface area (Å²) < 4.78 is 0. The zero-order chi connectivity index (χ0) is 23.0. The number of aliphatic hydroxyl groups is 3. The standard InChI is InChI=1S/C28H46O3/c1-18(9-7-15-27(4,5)31)23-13-14-24-21(10-8-16-28(23,24)6)11-12-22-17-25(29)20(3)26(30)19(22)2/h11-12,18,20,23-26,29-31H,2,7-10,13-17H2,1,3-6H3/b21-11+,22-12+/t18-,20-,23-,24+,25+,26+,28-/m1/s1. The molecule has 3 fully saturated rings. The number of hydrogen-bond donors (Lipinski definition) is 3. The third-order valence-electron chi connectivity index (χ3n) is 8.97. The highest BCUT2D eigenvalue weighted by molar-refractivity contribution is 5.39. The van der Waals surface area contributed by atoms with Crippen molar-refractivity contribution in [3.05, 3.63) is 35.5 Å². The first-order valence-electron chi connectivity index (χ1n) is 12.6. The largest absolute Gasteiger partial charge is 0.392 e. The molecule has 31 heavy (non-hydrogen) atoms. The molecule has 0 heterocycles. The van der Waals surface area contributed by atoms with Gasteiger partial charge in [0.2, 0.25) is 0 Å². The van der Waals surface area contributed by atoms with Crippen molar-refractivity contribution in [1.82, 2.24) is 0 Å². The number of fused-ring (bicyclic) bond motifs is 1. The molecule has 3 aliphatic carbocycles. The summed E-state index contributed by atoms with van der Waals surface area (Å²) in [5, 5.41) is 30.7. The Bertz CT molecular complexity index is 712. The average molecular weight is 431 g/mol. The van der Waals surface area contributed by atoms with Crippen LogP contribution in [0.25, 0.3) is 0 Å². The molecule has 3 aliphatic rings. The minimum absolute atomic E-state index is 0.149. The summed E-state index contributed by atoms with van der Waals surface area (Å²) in [6.07, 6.45) is 13.4. The van der Waals surface area contributed by atoms with Gasteiger partial charge in [-0.05, 0) is 93.1 Å². The Balaban J connectivity index is 1.71. The van der Waals surface area contributed by atoms with E-state index in [-0.39, 0.29) is 5.92 Å². The molecule has 0 amide bonds. The molecule has 0 aromatic carbocycles. The first kappa shape index (κ1) is 24.7. The van der Waals surface area contributed by atoms with Crippen LogP contribution in [-0.4, -0.2) is 33.1 Å². The van der Waals surface area contributed by atoms with Gasteiger partial charge in [-0.2, -0.15) is 0 Å². The van der Waals surface area contributed by atoms with Crippen LogP contribution in [-0.2, 0) is 0 Å². The van der Waals surface area contributed by atoms with E-state index in [0.717, 1.165) is 36.3 Å². The maximum absolute atomic E-state index is 10.4. The molecule has 176 valence electrons. The first-order chi connectivity index (χ1) is 14.4. The average Bonchev–Trinajstić information content (AvgIpc) is 3.04. The summed E-state index contributed by atoms with van der Waals surface area (Å²) in [7, 11) is 0. The van der Waals surface area contributed by atoms with E-state index in [9.17, 15) is 15.3 Å². The second kappa shape index (κ2) is 9.53. The molecule has 0 unspecified atom stereocenters. The quantitative estimate of drug-likeness (QED) is 0.488. The van der Waals surface area contributed by atoms with E-state index in [2.05, 4.69) is 32.6 Å². The number of hydrogen-bond acceptors (Lipinski definition) is 3. The van der Waals surface area contributed by atoms with Gasteiger partial charge in [0.15, 0.2) is 0 Å². The van der Waals surface area contributed by atoms with Crippen molar-refractivity contribution in [3.8, 4) is 0 Å². The summed E-state index contributed by atoms with van der Waals surface area (Å²) in [5.41, 5.74) is 3.15. The third kappa shape index (κ3) is 5.37. The van der Waals surface area contributed by atoms with Crippen LogP contribution in [0.4, 0.5) is 0 Å². The van der Waals surface area contributed by atoms with Crippen LogP contribution in [0.1, 0.15) is 92.4 Å². The van der Waals surface area contributed by atoms with E-state index in [1.807, 2.05) is 20.8 Å². The molecule has 0 bridgehead atoms. The lowest BCUT2D eigenvalue weighted by Gasteiger charge is -2.44. The van der Waals surface area contributed by atoms with Gasteiger partial charge in [0.05, 0.1) is 17.8 Å². The van der Waals surface area contributed by atoms with Gasteiger partial charge in [0, 0.05) is 5.92 Å². The Kier molecular flexibility index (Phi) is 7.61. The molecule has 0 radical (unpaired) electrons. The SMILES string of the molecule is C=C1/C(=C/C=C2\CCC[C@]3(C)[C@@H]([C@H](C)CCCC(C)(C)O)CC[C@@H]23)C[C@H](O)[C@@H](C)[C@H]1O. The second-order valence-electron chi connectivity index (χ2n) is 11.8. The fourth-order valence-corrected chi connectivity index (χ4v) is 6.91. The smallest absolute Gasteiger partial charge is 0.0837 e. The van der Waals surface area contributed by atoms with Crippen LogP contribution in [0.5, 0.6) is 0 Å². The molecule has 3 N–H and O–H groups in total. The Morgan fingerprint density at radius 2 is 1.94 bits per heavy atom. The number of rotatable bonds is 6. The Labute approximate surface area is 190 Å². The lowest BCUT2D eigenvalue weighted by Crippen LogP contribution is -2.36. The van der Waals surface area contributed by atoms with E-state index in [1.165, 1.54) is 32.1 Å². The normalized spacial score (nSPS) is 40.4. The van der Waals surface area contributed by atoms with E-state index < -0.39 is 17.8 Å². The topological polar surface area (TPSA) is 60.7 Å². The van der Waals surface area contributed by atoms with Gasteiger partial charge >= 0.3 is 0 Å². The van der Waals surface area contributed by atoms with Crippen molar-refractivity contribution in [2.24, 2.45) is 29.1 Å². The molecule has 0 spiro atoms. The van der Waals surface area contributed by atoms with Crippen LogP contribution in [0.2, 0.25) is 0 Å². The monoisotopic (exact) mass is 430 g/mol. The summed E-state index contributed by atoms with van der Waals surface area (Å²) >= 11 is 0. The van der Waals surface area contributed by atoms with Crippen molar-refractivity contribution in [2.75, 3.05) is 0 Å². The molecule has 3 saturated carbocycles. The lowest BCUT2D eigenvalue weighted by molar-refractivity contribution is 0.0283. The molecule has 0 aliphatic heterocycles. The van der Waals surface area contributed by atoms with Gasteiger partial charge in [0.1, 0.15) is 0 Å². The number of allylic oxidation sites excluding steroid dienone is 3. The summed E-state index contributed by atoms with van der Waals surface area (Å²) in [4.78, 5) is 0. The molecule has 0 aromatic heterocycles. The van der Waals surface area contributed by atoms with Crippen LogP contribution < -0.4 is 0 Å². The molecular formula is C28H46O3. The van der Waals surface area contributed by atoms with Gasteiger partial charge in [0.25, 0.3) is 0 Å². The van der Waals surface area contributed by atoms with Crippen LogP contribution >= 0.6 is 0 Å². The minimum Gasteiger partial charge on any atom is -0.392 e. The highest BCUT2D eigenvalue weighted by Gasteiger charge is 2.50. The first-order valence-corrected chi connectivity index (χ1v) is 12.6.